The van der Waals surface area contributed by atoms with Gasteiger partial charge in [0.15, 0.2) is 0 Å². The fraction of sp³-hybridized carbons (Fsp3) is 0.381. The Labute approximate surface area is 168 Å². The number of aromatic nitrogens is 2. The first-order chi connectivity index (χ1) is 13.7. The second-order valence-electron chi connectivity index (χ2n) is 6.95. The Bertz CT molecular complexity index is 995. The zero-order valence-corrected chi connectivity index (χ0v) is 17.0. The number of likely N-dealkylation sites (tertiary alicyclic amines) is 1. The Morgan fingerprint density at radius 2 is 2.04 bits per heavy atom. The molecule has 1 N–H and O–H groups in total. The first-order valence-electron chi connectivity index (χ1n) is 9.58. The number of para-hydroxylation sites is 1. The van der Waals surface area contributed by atoms with Gasteiger partial charge in [0.05, 0.1) is 17.4 Å². The lowest BCUT2D eigenvalue weighted by molar-refractivity contribution is 0.0797. The van der Waals surface area contributed by atoms with Crippen LogP contribution in [-0.4, -0.2) is 47.5 Å². The molecule has 1 aliphatic heterocycles. The van der Waals surface area contributed by atoms with Crippen molar-refractivity contribution in [3.05, 3.63) is 46.6 Å². The third-order valence-electron chi connectivity index (χ3n) is 5.19. The predicted octanol–water partition coefficient (Wildman–Crippen LogP) is 3.90. The van der Waals surface area contributed by atoms with Gasteiger partial charge in [0, 0.05) is 19.6 Å². The molecule has 0 spiro atoms. The van der Waals surface area contributed by atoms with Gasteiger partial charge < -0.3 is 15.0 Å². The van der Waals surface area contributed by atoms with Gasteiger partial charge in [0.2, 0.25) is 0 Å². The molecule has 3 heterocycles. The number of methoxy groups -OCH3 is 1. The highest BCUT2D eigenvalue weighted by molar-refractivity contribution is 7.20. The summed E-state index contributed by atoms with van der Waals surface area (Å²) in [5, 5.41) is 4.38. The summed E-state index contributed by atoms with van der Waals surface area (Å²) in [6, 6.07) is 8.02. The molecular weight excluding hydrogens is 372 g/mol. The molecule has 1 amide bonds. The van der Waals surface area contributed by atoms with E-state index in [0.29, 0.717) is 0 Å². The molecule has 7 heteroatoms. The first-order valence-corrected chi connectivity index (χ1v) is 10.4. The number of carbonyl (C=O) groups is 1. The van der Waals surface area contributed by atoms with E-state index in [1.54, 1.807) is 13.4 Å². The lowest BCUT2D eigenvalue weighted by atomic mass is 10.1. The smallest absolute Gasteiger partial charge is 0.264 e. The Morgan fingerprint density at radius 1 is 1.25 bits per heavy atom. The summed E-state index contributed by atoms with van der Waals surface area (Å²) in [6.45, 7) is 4.42. The van der Waals surface area contributed by atoms with Crippen LogP contribution in [-0.2, 0) is 6.42 Å². The number of nitrogens with zero attached hydrogens (tertiary/aromatic N) is 3. The molecule has 0 unspecified atom stereocenters. The summed E-state index contributed by atoms with van der Waals surface area (Å²) < 4.78 is 5.42. The molecule has 1 fully saturated rings. The van der Waals surface area contributed by atoms with Gasteiger partial charge in [0.25, 0.3) is 5.91 Å². The zero-order valence-electron chi connectivity index (χ0n) is 16.2. The molecule has 146 valence electrons. The Morgan fingerprint density at radius 3 is 2.82 bits per heavy atom. The van der Waals surface area contributed by atoms with Crippen LogP contribution in [0.4, 0.5) is 5.82 Å². The van der Waals surface area contributed by atoms with Crippen molar-refractivity contribution in [3.8, 4) is 5.75 Å². The summed E-state index contributed by atoms with van der Waals surface area (Å²) in [5.41, 5.74) is 2.12. The van der Waals surface area contributed by atoms with E-state index in [2.05, 4.69) is 21.4 Å². The van der Waals surface area contributed by atoms with Crippen LogP contribution in [0.2, 0.25) is 0 Å². The highest BCUT2D eigenvalue weighted by Gasteiger charge is 2.25. The minimum atomic E-state index is 0.123. The maximum Gasteiger partial charge on any atom is 0.264 e. The molecule has 3 aromatic rings. The number of hydrogen-bond donors (Lipinski definition) is 1. The zero-order chi connectivity index (χ0) is 19.5. The second-order valence-corrected chi connectivity index (χ2v) is 7.95. The quantitative estimate of drug-likeness (QED) is 0.684. The van der Waals surface area contributed by atoms with Crippen molar-refractivity contribution in [2.75, 3.05) is 32.1 Å². The first kappa shape index (κ1) is 18.7. The topological polar surface area (TPSA) is 67.3 Å². The number of ether oxygens (including phenoxy) is 1. The summed E-state index contributed by atoms with van der Waals surface area (Å²) in [7, 11) is 1.69. The molecule has 2 aromatic heterocycles. The largest absolute Gasteiger partial charge is 0.496 e. The van der Waals surface area contributed by atoms with E-state index in [0.717, 1.165) is 76.7 Å². The van der Waals surface area contributed by atoms with Crippen molar-refractivity contribution < 1.29 is 9.53 Å². The molecule has 4 rings (SSSR count). The summed E-state index contributed by atoms with van der Waals surface area (Å²) in [4.78, 5) is 25.3. The number of anilines is 1. The summed E-state index contributed by atoms with van der Waals surface area (Å²) in [6.07, 6.45) is 4.56. The summed E-state index contributed by atoms with van der Waals surface area (Å²) in [5.74, 6) is 1.80. The van der Waals surface area contributed by atoms with Crippen molar-refractivity contribution in [2.45, 2.75) is 26.2 Å². The van der Waals surface area contributed by atoms with Gasteiger partial charge >= 0.3 is 0 Å². The highest BCUT2D eigenvalue weighted by atomic mass is 32.1. The minimum absolute atomic E-state index is 0.123. The fourth-order valence-corrected chi connectivity index (χ4v) is 4.82. The number of rotatable bonds is 6. The number of benzene rings is 1. The van der Waals surface area contributed by atoms with Crippen molar-refractivity contribution in [2.24, 2.45) is 0 Å². The lowest BCUT2D eigenvalue weighted by Gasteiger charge is -2.14. The molecule has 0 atom stereocenters. The standard InChI is InChI=1S/C21H24N4O2S/c1-14-17-19(22-10-9-15-7-3-4-8-16(15)27-2)23-13-24-20(17)28-18(14)21(26)25-11-5-6-12-25/h3-4,7-8,13H,5-6,9-12H2,1-2H3,(H,22,23,24). The van der Waals surface area contributed by atoms with Gasteiger partial charge in [-0.15, -0.1) is 11.3 Å². The SMILES string of the molecule is COc1ccccc1CCNc1ncnc2sc(C(=O)N3CCCC3)c(C)c12. The van der Waals surface area contributed by atoms with Gasteiger partial charge in [0.1, 0.15) is 22.7 Å². The van der Waals surface area contributed by atoms with E-state index >= 15 is 0 Å². The molecule has 6 nitrogen and oxygen atoms in total. The van der Waals surface area contributed by atoms with Crippen molar-refractivity contribution >= 4 is 33.3 Å². The van der Waals surface area contributed by atoms with Crippen LogP contribution in [0.15, 0.2) is 30.6 Å². The number of fused-ring (bicyclic) bond motifs is 1. The number of amides is 1. The van der Waals surface area contributed by atoms with Gasteiger partial charge in [-0.3, -0.25) is 4.79 Å². The third-order valence-corrected chi connectivity index (χ3v) is 6.38. The van der Waals surface area contributed by atoms with E-state index in [1.807, 2.05) is 30.0 Å². The molecule has 0 bridgehead atoms. The van der Waals surface area contributed by atoms with E-state index in [-0.39, 0.29) is 5.91 Å². The number of aryl methyl sites for hydroxylation is 1. The van der Waals surface area contributed by atoms with Gasteiger partial charge in [-0.25, -0.2) is 9.97 Å². The van der Waals surface area contributed by atoms with Gasteiger partial charge in [-0.2, -0.15) is 0 Å². The van der Waals surface area contributed by atoms with Crippen LogP contribution in [0.25, 0.3) is 10.2 Å². The Balaban J connectivity index is 1.55. The average molecular weight is 397 g/mol. The molecular formula is C21H24N4O2S. The Kier molecular flexibility index (Phi) is 5.43. The van der Waals surface area contributed by atoms with Gasteiger partial charge in [-0.05, 0) is 43.4 Å². The maximum atomic E-state index is 12.9. The predicted molar refractivity (Wildman–Crippen MR) is 112 cm³/mol. The number of thiophene rings is 1. The Hall–Kier alpha value is -2.67. The molecule has 0 radical (unpaired) electrons. The average Bonchev–Trinajstić information content (AvgIpc) is 3.37. The normalized spacial score (nSPS) is 13.9. The van der Waals surface area contributed by atoms with Crippen LogP contribution in [0, 0.1) is 6.92 Å². The van der Waals surface area contributed by atoms with Crippen molar-refractivity contribution in [3.63, 3.8) is 0 Å². The fourth-order valence-electron chi connectivity index (χ4n) is 3.70. The van der Waals surface area contributed by atoms with Crippen LogP contribution in [0.5, 0.6) is 5.75 Å². The van der Waals surface area contributed by atoms with Crippen LogP contribution in [0.3, 0.4) is 0 Å². The second kappa shape index (κ2) is 8.14. The van der Waals surface area contributed by atoms with E-state index in [9.17, 15) is 4.79 Å². The summed E-state index contributed by atoms with van der Waals surface area (Å²) >= 11 is 1.47. The van der Waals surface area contributed by atoms with Crippen molar-refractivity contribution in [1.29, 1.82) is 0 Å². The molecule has 28 heavy (non-hydrogen) atoms. The number of carbonyl (C=O) groups excluding carboxylic acids is 1. The maximum absolute atomic E-state index is 12.9. The molecule has 0 aliphatic carbocycles. The molecule has 0 saturated carbocycles. The molecule has 1 aromatic carbocycles. The van der Waals surface area contributed by atoms with Crippen LogP contribution >= 0.6 is 11.3 Å². The van der Waals surface area contributed by atoms with Crippen LogP contribution in [0.1, 0.15) is 33.6 Å². The molecule has 1 saturated heterocycles. The lowest BCUT2D eigenvalue weighted by Crippen LogP contribution is -2.27. The van der Waals surface area contributed by atoms with E-state index in [1.165, 1.54) is 11.3 Å². The van der Waals surface area contributed by atoms with Crippen molar-refractivity contribution in [1.82, 2.24) is 14.9 Å². The third kappa shape index (κ3) is 3.54. The van der Waals surface area contributed by atoms with E-state index < -0.39 is 0 Å². The number of nitrogens with one attached hydrogen (secondary N) is 1. The molecule has 1 aliphatic rings. The minimum Gasteiger partial charge on any atom is -0.496 e. The highest BCUT2D eigenvalue weighted by Crippen LogP contribution is 2.34. The van der Waals surface area contributed by atoms with Crippen LogP contribution < -0.4 is 10.1 Å². The number of hydrogen-bond acceptors (Lipinski definition) is 6. The monoisotopic (exact) mass is 396 g/mol. The van der Waals surface area contributed by atoms with E-state index in [4.69, 9.17) is 4.74 Å². The van der Waals surface area contributed by atoms with Gasteiger partial charge in [-0.1, -0.05) is 18.2 Å².